The van der Waals surface area contributed by atoms with Crippen LogP contribution in [0.25, 0.3) is 0 Å². The molecule has 0 fully saturated rings. The summed E-state index contributed by atoms with van der Waals surface area (Å²) in [5.74, 6) is -4.92. The van der Waals surface area contributed by atoms with Crippen LogP contribution in [0.3, 0.4) is 0 Å². The van der Waals surface area contributed by atoms with E-state index in [1.165, 1.54) is 20.8 Å². The lowest BCUT2D eigenvalue weighted by Gasteiger charge is -2.31. The van der Waals surface area contributed by atoms with E-state index in [1.807, 2.05) is 0 Å². The van der Waals surface area contributed by atoms with Gasteiger partial charge in [-0.1, -0.05) is 69.1 Å². The number of hydrogen-bond donors (Lipinski definition) is 1. The SMILES string of the molecule is C=C(C)C(=O)OCC(C)OC(=O)Cc1cc(CC(=O)OCC(CC)(COC(=O)Cc2ccc(C)c(CC(=O)OC(C)COC(=O)C(=C)C)c2)COC(=O)Nc2ccc(C)c(CC(=O)OC(C)COC(=O)C(=C)C)c2)ccc1C. The van der Waals surface area contributed by atoms with E-state index in [0.717, 1.165) is 16.7 Å². The Morgan fingerprint density at radius 2 is 0.795 bits per heavy atom. The van der Waals surface area contributed by atoms with E-state index < -0.39 is 84.2 Å². The van der Waals surface area contributed by atoms with Crippen LogP contribution in [0.2, 0.25) is 0 Å². The number of amides is 1. The van der Waals surface area contributed by atoms with Crippen molar-refractivity contribution >= 4 is 59.5 Å². The van der Waals surface area contributed by atoms with Crippen LogP contribution >= 0.6 is 0 Å². The summed E-state index contributed by atoms with van der Waals surface area (Å²) >= 11 is 0. The maximum atomic E-state index is 13.5. The van der Waals surface area contributed by atoms with Gasteiger partial charge < -0.3 is 42.6 Å². The molecule has 0 aliphatic rings. The Kier molecular flexibility index (Phi) is 25.7. The van der Waals surface area contributed by atoms with Gasteiger partial charge in [-0.3, -0.25) is 29.3 Å². The van der Waals surface area contributed by atoms with E-state index in [1.54, 1.807) is 103 Å². The van der Waals surface area contributed by atoms with Gasteiger partial charge in [-0.25, -0.2) is 19.2 Å². The van der Waals surface area contributed by atoms with Crippen molar-refractivity contribution in [3.05, 3.63) is 136 Å². The smallest absolute Gasteiger partial charge is 0.411 e. The predicted molar refractivity (Wildman–Crippen MR) is 286 cm³/mol. The minimum atomic E-state index is -1.27. The van der Waals surface area contributed by atoms with Crippen molar-refractivity contribution in [3.63, 3.8) is 0 Å². The first-order chi connectivity index (χ1) is 36.7. The lowest BCUT2D eigenvalue weighted by atomic mass is 9.88. The second kappa shape index (κ2) is 31.2. The lowest BCUT2D eigenvalue weighted by molar-refractivity contribution is -0.156. The van der Waals surface area contributed by atoms with Crippen molar-refractivity contribution < 1.29 is 85.8 Å². The average Bonchev–Trinajstić information content (AvgIpc) is 3.36. The Bertz CT molecular complexity index is 2430. The first-order valence-electron chi connectivity index (χ1n) is 25.3. The third kappa shape index (κ3) is 23.0. The van der Waals surface area contributed by atoms with Gasteiger partial charge in [0.1, 0.15) is 58.0 Å². The van der Waals surface area contributed by atoms with Crippen LogP contribution in [0, 0.1) is 26.2 Å². The van der Waals surface area contributed by atoms with E-state index in [-0.39, 0.29) is 94.0 Å². The number of carbonyl (C=O) groups is 9. The Morgan fingerprint density at radius 1 is 0.462 bits per heavy atom. The number of nitrogens with one attached hydrogen (secondary N) is 1. The number of benzene rings is 3. The first-order valence-corrected chi connectivity index (χ1v) is 25.3. The zero-order chi connectivity index (χ0) is 58.3. The summed E-state index contributed by atoms with van der Waals surface area (Å²) in [6.07, 6.45) is -3.76. The fourth-order valence-corrected chi connectivity index (χ4v) is 7.01. The standard InChI is InChI=1S/C59H73NO18/c1-14-59(32-73-50(61)23-44-18-15-38(8)46(21-44)26-52(63)76-41(11)29-70-55(66)35(2)3,33-74-51(62)24-45-19-16-39(9)47(22-45)27-53(64)77-42(12)30-71-56(67)36(4)5)34-75-58(69)60-49-20-17-40(10)48(25-49)28-54(65)78-43(13)31-72-57(68)37(6)7/h15-22,25,41-43H,2,4,6,14,23-24,26-34H2,1,3,5,7-13H3,(H,60,69). The van der Waals surface area contributed by atoms with Crippen LogP contribution in [0.15, 0.2) is 91.1 Å². The third-order valence-electron chi connectivity index (χ3n) is 11.9. The molecular formula is C59H73NO18. The second-order valence-corrected chi connectivity index (χ2v) is 19.5. The summed E-state index contributed by atoms with van der Waals surface area (Å²) in [7, 11) is 0. The number of aryl methyl sites for hydroxylation is 3. The number of rotatable bonds is 30. The molecule has 3 rings (SSSR count). The fourth-order valence-electron chi connectivity index (χ4n) is 7.01. The summed E-state index contributed by atoms with van der Waals surface area (Å²) in [4.78, 5) is 114. The molecule has 1 N–H and O–H groups in total. The molecule has 3 atom stereocenters. The number of hydrogen-bond acceptors (Lipinski definition) is 18. The quantitative estimate of drug-likeness (QED) is 0.0378. The summed E-state index contributed by atoms with van der Waals surface area (Å²) in [6, 6.07) is 15.2. The molecule has 0 saturated carbocycles. The van der Waals surface area contributed by atoms with Gasteiger partial charge in [0.2, 0.25) is 0 Å². The van der Waals surface area contributed by atoms with Gasteiger partial charge in [-0.15, -0.1) is 0 Å². The molecule has 1 amide bonds. The number of carbonyl (C=O) groups excluding carboxylic acids is 9. The average molecular weight is 1080 g/mol. The zero-order valence-corrected chi connectivity index (χ0v) is 46.4. The summed E-state index contributed by atoms with van der Waals surface area (Å²) < 4.78 is 48.8. The maximum Gasteiger partial charge on any atom is 0.411 e. The topological polar surface area (TPSA) is 249 Å². The van der Waals surface area contributed by atoms with Crippen molar-refractivity contribution in [2.75, 3.05) is 45.0 Å². The van der Waals surface area contributed by atoms with Gasteiger partial charge >= 0.3 is 53.8 Å². The van der Waals surface area contributed by atoms with Crippen molar-refractivity contribution in [3.8, 4) is 0 Å². The molecule has 0 radical (unpaired) electrons. The Hall–Kier alpha value is -8.09. The van der Waals surface area contributed by atoms with Crippen molar-refractivity contribution in [1.82, 2.24) is 0 Å². The monoisotopic (exact) mass is 1080 g/mol. The van der Waals surface area contributed by atoms with Gasteiger partial charge in [0, 0.05) is 22.4 Å². The molecular weight excluding hydrogens is 1010 g/mol. The highest BCUT2D eigenvalue weighted by molar-refractivity contribution is 5.88. The summed E-state index contributed by atoms with van der Waals surface area (Å²) in [6.45, 7) is 25.4. The molecule has 0 aliphatic heterocycles. The largest absolute Gasteiger partial charge is 0.465 e. The number of esters is 8. The first kappa shape index (κ1) is 64.2. The second-order valence-electron chi connectivity index (χ2n) is 19.5. The molecule has 3 aromatic carbocycles. The van der Waals surface area contributed by atoms with E-state index in [2.05, 4.69) is 25.1 Å². The summed E-state index contributed by atoms with van der Waals surface area (Å²) in [5, 5.41) is 2.65. The number of ether oxygens (including phenoxy) is 9. The van der Waals surface area contributed by atoms with Gasteiger partial charge in [0.25, 0.3) is 0 Å². The van der Waals surface area contributed by atoms with Crippen LogP contribution in [0.5, 0.6) is 0 Å². The molecule has 19 heteroatoms. The summed E-state index contributed by atoms with van der Waals surface area (Å²) in [5.41, 5.74) is 4.65. The molecule has 0 aliphatic carbocycles. The Balaban J connectivity index is 1.76. The van der Waals surface area contributed by atoms with Crippen LogP contribution in [0.1, 0.15) is 99.4 Å². The minimum absolute atomic E-state index is 0.130. The molecule has 0 spiro atoms. The van der Waals surface area contributed by atoms with E-state index in [4.69, 9.17) is 42.6 Å². The highest BCUT2D eigenvalue weighted by Gasteiger charge is 2.35. The highest BCUT2D eigenvalue weighted by atomic mass is 16.6. The van der Waals surface area contributed by atoms with Crippen molar-refractivity contribution in [2.45, 2.75) is 126 Å². The van der Waals surface area contributed by atoms with Crippen LogP contribution in [-0.2, 0) is 113 Å². The zero-order valence-electron chi connectivity index (χ0n) is 46.4. The molecule has 78 heavy (non-hydrogen) atoms. The van der Waals surface area contributed by atoms with Gasteiger partial charge in [-0.2, -0.15) is 0 Å². The van der Waals surface area contributed by atoms with Crippen molar-refractivity contribution in [1.29, 1.82) is 0 Å². The Labute approximate surface area is 455 Å². The minimum Gasteiger partial charge on any atom is -0.465 e. The molecule has 0 bridgehead atoms. The van der Waals surface area contributed by atoms with Gasteiger partial charge in [0.15, 0.2) is 0 Å². The molecule has 19 nitrogen and oxygen atoms in total. The predicted octanol–water partition coefficient (Wildman–Crippen LogP) is 7.91. The maximum absolute atomic E-state index is 13.5. The van der Waals surface area contributed by atoms with E-state index >= 15 is 0 Å². The molecule has 422 valence electrons. The molecule has 0 saturated heterocycles. The van der Waals surface area contributed by atoms with Crippen LogP contribution in [0.4, 0.5) is 10.5 Å². The van der Waals surface area contributed by atoms with Crippen LogP contribution in [-0.4, -0.2) is 112 Å². The molecule has 3 unspecified atom stereocenters. The fraction of sp³-hybridized carbons (Fsp3) is 0.441. The normalized spacial score (nSPS) is 12.6. The number of anilines is 1. The van der Waals surface area contributed by atoms with E-state index in [0.29, 0.717) is 27.8 Å². The van der Waals surface area contributed by atoms with E-state index in [9.17, 15) is 43.2 Å². The lowest BCUT2D eigenvalue weighted by Crippen LogP contribution is -2.40. The van der Waals surface area contributed by atoms with Gasteiger partial charge in [0.05, 0.1) is 37.5 Å². The Morgan fingerprint density at radius 3 is 1.14 bits per heavy atom. The molecule has 3 aromatic rings. The molecule has 0 heterocycles. The highest BCUT2D eigenvalue weighted by Crippen LogP contribution is 2.27. The third-order valence-corrected chi connectivity index (χ3v) is 11.9. The molecule has 0 aromatic heterocycles. The van der Waals surface area contributed by atoms with Crippen LogP contribution < -0.4 is 5.32 Å². The van der Waals surface area contributed by atoms with Gasteiger partial charge in [-0.05, 0) is 125 Å². The van der Waals surface area contributed by atoms with Crippen molar-refractivity contribution in [2.24, 2.45) is 5.41 Å².